The number of carbonyl (C=O) groups excluding carboxylic acids is 1. The fourth-order valence-corrected chi connectivity index (χ4v) is 2.45. The predicted octanol–water partition coefficient (Wildman–Crippen LogP) is 1.99. The molecule has 1 heterocycles. The van der Waals surface area contributed by atoms with Gasteiger partial charge in [-0.2, -0.15) is 0 Å². The first kappa shape index (κ1) is 9.40. The largest absolute Gasteiger partial charge is 0.465 e. The number of carbonyl (C=O) groups is 1. The zero-order valence-corrected chi connectivity index (χ0v) is 8.69. The van der Waals surface area contributed by atoms with E-state index in [2.05, 4.69) is 5.32 Å². The first-order valence-corrected chi connectivity index (χ1v) is 5.39. The van der Waals surface area contributed by atoms with Gasteiger partial charge in [-0.1, -0.05) is 6.07 Å². The maximum absolute atomic E-state index is 11.4. The molecule has 0 amide bonds. The third-order valence-corrected chi connectivity index (χ3v) is 3.22. The highest BCUT2D eigenvalue weighted by atomic mass is 32.2. The zero-order valence-electron chi connectivity index (χ0n) is 7.87. The van der Waals surface area contributed by atoms with Crippen LogP contribution >= 0.6 is 11.8 Å². The Morgan fingerprint density at radius 3 is 3.21 bits per heavy atom. The lowest BCUT2D eigenvalue weighted by Gasteiger charge is -2.19. The molecule has 1 N–H and O–H groups in total. The molecule has 0 aromatic heterocycles. The van der Waals surface area contributed by atoms with Crippen LogP contribution in [-0.2, 0) is 4.74 Å². The van der Waals surface area contributed by atoms with Crippen LogP contribution in [0.15, 0.2) is 23.1 Å². The van der Waals surface area contributed by atoms with Crippen molar-refractivity contribution in [1.82, 2.24) is 0 Å². The highest BCUT2D eigenvalue weighted by Crippen LogP contribution is 2.34. The summed E-state index contributed by atoms with van der Waals surface area (Å²) in [6.07, 6.45) is 0. The van der Waals surface area contributed by atoms with Crippen molar-refractivity contribution in [3.8, 4) is 0 Å². The Balaban J connectivity index is 2.45. The molecule has 1 aromatic carbocycles. The molecule has 2 rings (SSSR count). The minimum atomic E-state index is -0.266. The quantitative estimate of drug-likeness (QED) is 0.718. The molecule has 1 aliphatic rings. The average molecular weight is 209 g/mol. The van der Waals surface area contributed by atoms with Gasteiger partial charge in [0.2, 0.25) is 0 Å². The molecule has 0 radical (unpaired) electrons. The summed E-state index contributed by atoms with van der Waals surface area (Å²) in [6.45, 7) is 0.947. The Morgan fingerprint density at radius 1 is 1.57 bits per heavy atom. The zero-order chi connectivity index (χ0) is 9.97. The van der Waals surface area contributed by atoms with Gasteiger partial charge in [0.15, 0.2) is 0 Å². The van der Waals surface area contributed by atoms with Crippen molar-refractivity contribution in [2.75, 3.05) is 24.7 Å². The molecule has 1 aromatic rings. The highest BCUT2D eigenvalue weighted by molar-refractivity contribution is 7.99. The number of esters is 1. The van der Waals surface area contributed by atoms with E-state index in [1.54, 1.807) is 17.8 Å². The molecular formula is C10H11NO2S. The summed E-state index contributed by atoms with van der Waals surface area (Å²) in [7, 11) is 1.41. The van der Waals surface area contributed by atoms with Crippen LogP contribution in [0, 0.1) is 0 Å². The fourth-order valence-electron chi connectivity index (χ4n) is 1.44. The normalized spacial score (nSPS) is 14.1. The second-order valence-electron chi connectivity index (χ2n) is 2.95. The van der Waals surface area contributed by atoms with Crippen molar-refractivity contribution < 1.29 is 9.53 Å². The molecule has 74 valence electrons. The van der Waals surface area contributed by atoms with Crippen LogP contribution in [0.2, 0.25) is 0 Å². The van der Waals surface area contributed by atoms with Crippen molar-refractivity contribution in [3.63, 3.8) is 0 Å². The van der Waals surface area contributed by atoms with Crippen molar-refractivity contribution in [2.24, 2.45) is 0 Å². The number of methoxy groups -OCH3 is 1. The number of benzene rings is 1. The molecule has 4 heteroatoms. The van der Waals surface area contributed by atoms with Gasteiger partial charge in [-0.25, -0.2) is 4.79 Å². The number of nitrogens with one attached hydrogen (secondary N) is 1. The van der Waals surface area contributed by atoms with Crippen LogP contribution in [0.3, 0.4) is 0 Å². The number of fused-ring (bicyclic) bond motifs is 1. The number of thioether (sulfide) groups is 1. The van der Waals surface area contributed by atoms with E-state index >= 15 is 0 Å². The molecule has 0 atom stereocenters. The van der Waals surface area contributed by atoms with E-state index in [-0.39, 0.29) is 5.97 Å². The SMILES string of the molecule is COC(=O)c1cccc2c1SCCN2. The molecule has 14 heavy (non-hydrogen) atoms. The van der Waals surface area contributed by atoms with Crippen LogP contribution in [-0.4, -0.2) is 25.4 Å². The fraction of sp³-hybridized carbons (Fsp3) is 0.300. The van der Waals surface area contributed by atoms with Gasteiger partial charge in [0, 0.05) is 22.9 Å². The van der Waals surface area contributed by atoms with Crippen LogP contribution in [0.4, 0.5) is 5.69 Å². The molecule has 3 nitrogen and oxygen atoms in total. The summed E-state index contributed by atoms with van der Waals surface area (Å²) in [5.74, 6) is 0.721. The molecular weight excluding hydrogens is 198 g/mol. The lowest BCUT2D eigenvalue weighted by Crippen LogP contribution is -2.13. The van der Waals surface area contributed by atoms with Gasteiger partial charge in [-0.15, -0.1) is 11.8 Å². The molecule has 0 unspecified atom stereocenters. The molecule has 1 aliphatic heterocycles. The van der Waals surface area contributed by atoms with E-state index in [0.717, 1.165) is 22.9 Å². The molecule has 0 aliphatic carbocycles. The van der Waals surface area contributed by atoms with Crippen LogP contribution < -0.4 is 5.32 Å². The van der Waals surface area contributed by atoms with Gasteiger partial charge in [0.05, 0.1) is 12.7 Å². The topological polar surface area (TPSA) is 38.3 Å². The summed E-state index contributed by atoms with van der Waals surface area (Å²) in [5.41, 5.74) is 1.69. The van der Waals surface area contributed by atoms with Gasteiger partial charge in [-0.05, 0) is 12.1 Å². The molecule has 0 saturated heterocycles. The molecule has 0 fully saturated rings. The van der Waals surface area contributed by atoms with E-state index in [4.69, 9.17) is 4.74 Å². The predicted molar refractivity (Wildman–Crippen MR) is 57.0 cm³/mol. The van der Waals surface area contributed by atoms with Gasteiger partial charge in [-0.3, -0.25) is 0 Å². The van der Waals surface area contributed by atoms with Crippen molar-refractivity contribution in [1.29, 1.82) is 0 Å². The number of ether oxygens (including phenoxy) is 1. The van der Waals surface area contributed by atoms with Crippen LogP contribution in [0.25, 0.3) is 0 Å². The average Bonchev–Trinajstić information content (AvgIpc) is 2.27. The Hall–Kier alpha value is -1.16. The van der Waals surface area contributed by atoms with Gasteiger partial charge < -0.3 is 10.1 Å². The third-order valence-electron chi connectivity index (χ3n) is 2.08. The minimum absolute atomic E-state index is 0.266. The van der Waals surface area contributed by atoms with Gasteiger partial charge in [0.25, 0.3) is 0 Å². The Labute approximate surface area is 86.8 Å². The Bertz CT molecular complexity index is 365. The number of rotatable bonds is 1. The maximum atomic E-state index is 11.4. The summed E-state index contributed by atoms with van der Waals surface area (Å²) in [5, 5.41) is 3.25. The van der Waals surface area contributed by atoms with E-state index in [1.165, 1.54) is 7.11 Å². The Morgan fingerprint density at radius 2 is 2.43 bits per heavy atom. The third kappa shape index (κ3) is 1.57. The first-order valence-electron chi connectivity index (χ1n) is 4.41. The smallest absolute Gasteiger partial charge is 0.339 e. The summed E-state index contributed by atoms with van der Waals surface area (Å²) >= 11 is 1.70. The highest BCUT2D eigenvalue weighted by Gasteiger charge is 2.17. The molecule has 0 bridgehead atoms. The Kier molecular flexibility index (Phi) is 2.63. The maximum Gasteiger partial charge on any atom is 0.339 e. The minimum Gasteiger partial charge on any atom is -0.465 e. The van der Waals surface area contributed by atoms with E-state index in [9.17, 15) is 4.79 Å². The second-order valence-corrected chi connectivity index (χ2v) is 4.05. The molecule has 0 spiro atoms. The van der Waals surface area contributed by atoms with Crippen molar-refractivity contribution in [3.05, 3.63) is 23.8 Å². The summed E-state index contributed by atoms with van der Waals surface area (Å²) in [4.78, 5) is 12.4. The lowest BCUT2D eigenvalue weighted by atomic mass is 10.2. The van der Waals surface area contributed by atoms with E-state index in [1.807, 2.05) is 12.1 Å². The van der Waals surface area contributed by atoms with Crippen molar-refractivity contribution >= 4 is 23.4 Å². The van der Waals surface area contributed by atoms with Crippen LogP contribution in [0.5, 0.6) is 0 Å². The van der Waals surface area contributed by atoms with Crippen molar-refractivity contribution in [2.45, 2.75) is 4.90 Å². The first-order chi connectivity index (χ1) is 6.83. The standard InChI is InChI=1S/C10H11NO2S/c1-13-10(12)7-3-2-4-8-9(7)14-6-5-11-8/h2-4,11H,5-6H2,1H3. The number of anilines is 1. The summed E-state index contributed by atoms with van der Waals surface area (Å²) in [6, 6.07) is 5.64. The van der Waals surface area contributed by atoms with Crippen LogP contribution in [0.1, 0.15) is 10.4 Å². The van der Waals surface area contributed by atoms with Gasteiger partial charge in [0.1, 0.15) is 0 Å². The lowest BCUT2D eigenvalue weighted by molar-refractivity contribution is 0.0597. The monoisotopic (exact) mass is 209 g/mol. The molecule has 0 saturated carbocycles. The van der Waals surface area contributed by atoms with E-state index < -0.39 is 0 Å². The number of hydrogen-bond acceptors (Lipinski definition) is 4. The van der Waals surface area contributed by atoms with Gasteiger partial charge >= 0.3 is 5.97 Å². The summed E-state index contributed by atoms with van der Waals surface area (Å²) < 4.78 is 4.72. The van der Waals surface area contributed by atoms with E-state index in [0.29, 0.717) is 5.56 Å². The number of hydrogen-bond donors (Lipinski definition) is 1. The second kappa shape index (κ2) is 3.92.